The third-order valence-electron chi connectivity index (χ3n) is 4.14. The molecular formula is C17H25N. The molecule has 0 atom stereocenters. The minimum absolute atomic E-state index is 0.240. The van der Waals surface area contributed by atoms with Crippen molar-refractivity contribution >= 4 is 5.69 Å². The number of benzene rings is 1. The van der Waals surface area contributed by atoms with Crippen molar-refractivity contribution in [2.75, 3.05) is 5.32 Å². The van der Waals surface area contributed by atoms with E-state index in [1.807, 2.05) is 0 Å². The molecule has 0 aliphatic heterocycles. The maximum absolute atomic E-state index is 3.95. The SMILES string of the molecule is C=CCC1(Nc2ccccc2C)CCCCCC1. The van der Waals surface area contributed by atoms with E-state index >= 15 is 0 Å². The molecule has 1 aromatic carbocycles. The highest BCUT2D eigenvalue weighted by Gasteiger charge is 2.29. The molecule has 0 saturated heterocycles. The van der Waals surface area contributed by atoms with Crippen LogP contribution < -0.4 is 5.32 Å². The van der Waals surface area contributed by atoms with Gasteiger partial charge in [-0.15, -0.1) is 6.58 Å². The van der Waals surface area contributed by atoms with E-state index in [0.717, 1.165) is 6.42 Å². The summed E-state index contributed by atoms with van der Waals surface area (Å²) < 4.78 is 0. The number of rotatable bonds is 4. The van der Waals surface area contributed by atoms with Crippen molar-refractivity contribution in [3.8, 4) is 0 Å². The predicted molar refractivity (Wildman–Crippen MR) is 80.0 cm³/mol. The first-order valence-electron chi connectivity index (χ1n) is 7.20. The van der Waals surface area contributed by atoms with E-state index in [9.17, 15) is 0 Å². The molecule has 0 heterocycles. The van der Waals surface area contributed by atoms with E-state index in [0.29, 0.717) is 0 Å². The second-order valence-electron chi connectivity index (χ2n) is 5.63. The lowest BCUT2D eigenvalue weighted by Gasteiger charge is -2.35. The van der Waals surface area contributed by atoms with Crippen LogP contribution in [0.3, 0.4) is 0 Å². The summed E-state index contributed by atoms with van der Waals surface area (Å²) in [5.74, 6) is 0. The number of aryl methyl sites for hydroxylation is 1. The van der Waals surface area contributed by atoms with Gasteiger partial charge in [0.25, 0.3) is 0 Å². The predicted octanol–water partition coefficient (Wildman–Crippen LogP) is 5.08. The van der Waals surface area contributed by atoms with Gasteiger partial charge in [0.05, 0.1) is 0 Å². The van der Waals surface area contributed by atoms with E-state index in [1.165, 1.54) is 49.8 Å². The van der Waals surface area contributed by atoms with Crippen molar-refractivity contribution in [3.05, 3.63) is 42.5 Å². The second-order valence-corrected chi connectivity index (χ2v) is 5.63. The molecule has 1 aliphatic rings. The van der Waals surface area contributed by atoms with Gasteiger partial charge in [-0.05, 0) is 37.8 Å². The first kappa shape index (κ1) is 13.2. The topological polar surface area (TPSA) is 12.0 Å². The van der Waals surface area contributed by atoms with E-state index in [-0.39, 0.29) is 5.54 Å². The summed E-state index contributed by atoms with van der Waals surface area (Å²) in [5.41, 5.74) is 2.87. The molecule has 0 aromatic heterocycles. The summed E-state index contributed by atoms with van der Waals surface area (Å²) in [6.07, 6.45) is 11.1. The molecule has 1 N–H and O–H groups in total. The summed E-state index contributed by atoms with van der Waals surface area (Å²) >= 11 is 0. The molecule has 0 spiro atoms. The molecule has 1 heteroatoms. The molecule has 0 radical (unpaired) electrons. The minimum Gasteiger partial charge on any atom is -0.379 e. The van der Waals surface area contributed by atoms with Crippen LogP contribution in [-0.4, -0.2) is 5.54 Å². The fourth-order valence-electron chi connectivity index (χ4n) is 3.06. The van der Waals surface area contributed by atoms with Gasteiger partial charge in [0.1, 0.15) is 0 Å². The van der Waals surface area contributed by atoms with Crippen molar-refractivity contribution in [1.29, 1.82) is 0 Å². The van der Waals surface area contributed by atoms with E-state index in [1.54, 1.807) is 0 Å². The third kappa shape index (κ3) is 3.16. The molecule has 1 nitrogen and oxygen atoms in total. The number of nitrogens with one attached hydrogen (secondary N) is 1. The standard InChI is InChI=1S/C17H25N/c1-3-12-17(13-8-4-5-9-14-17)18-16-11-7-6-10-15(16)2/h3,6-7,10-11,18H,1,4-5,8-9,12-14H2,2H3. The first-order chi connectivity index (χ1) is 8.76. The summed E-state index contributed by atoms with van der Waals surface area (Å²) in [6, 6.07) is 8.60. The van der Waals surface area contributed by atoms with E-state index in [4.69, 9.17) is 0 Å². The zero-order valence-corrected chi connectivity index (χ0v) is 11.5. The number of anilines is 1. The van der Waals surface area contributed by atoms with Gasteiger partial charge < -0.3 is 5.32 Å². The summed E-state index contributed by atoms with van der Waals surface area (Å²) in [7, 11) is 0. The van der Waals surface area contributed by atoms with Gasteiger partial charge >= 0.3 is 0 Å². The molecule has 98 valence electrons. The second kappa shape index (κ2) is 6.08. The van der Waals surface area contributed by atoms with Gasteiger partial charge in [-0.3, -0.25) is 0 Å². The first-order valence-corrected chi connectivity index (χ1v) is 7.20. The molecule has 1 aliphatic carbocycles. The Morgan fingerprint density at radius 3 is 2.44 bits per heavy atom. The van der Waals surface area contributed by atoms with Crippen molar-refractivity contribution in [1.82, 2.24) is 0 Å². The van der Waals surface area contributed by atoms with E-state index in [2.05, 4.69) is 49.2 Å². The van der Waals surface area contributed by atoms with Crippen LogP contribution >= 0.6 is 0 Å². The molecule has 2 rings (SSSR count). The Kier molecular flexibility index (Phi) is 4.46. The molecular weight excluding hydrogens is 218 g/mol. The Bertz CT molecular complexity index is 386. The third-order valence-corrected chi connectivity index (χ3v) is 4.14. The van der Waals surface area contributed by atoms with E-state index < -0.39 is 0 Å². The fourth-order valence-corrected chi connectivity index (χ4v) is 3.06. The largest absolute Gasteiger partial charge is 0.379 e. The van der Waals surface area contributed by atoms with Gasteiger partial charge in [-0.25, -0.2) is 0 Å². The van der Waals surface area contributed by atoms with Crippen LogP contribution in [0.25, 0.3) is 0 Å². The van der Waals surface area contributed by atoms with Gasteiger partial charge in [0, 0.05) is 11.2 Å². The van der Waals surface area contributed by atoms with Crippen molar-refractivity contribution in [2.45, 2.75) is 57.4 Å². The number of para-hydroxylation sites is 1. The summed E-state index contributed by atoms with van der Waals surface area (Å²) in [6.45, 7) is 6.14. The average Bonchev–Trinajstić information content (AvgIpc) is 2.59. The Morgan fingerprint density at radius 2 is 1.83 bits per heavy atom. The molecule has 1 saturated carbocycles. The van der Waals surface area contributed by atoms with Crippen LogP contribution in [0.1, 0.15) is 50.5 Å². The van der Waals surface area contributed by atoms with Crippen LogP contribution in [0.15, 0.2) is 36.9 Å². The zero-order valence-electron chi connectivity index (χ0n) is 11.5. The van der Waals surface area contributed by atoms with Crippen LogP contribution in [0.5, 0.6) is 0 Å². The van der Waals surface area contributed by atoms with Crippen LogP contribution in [0.2, 0.25) is 0 Å². The molecule has 0 amide bonds. The smallest absolute Gasteiger partial charge is 0.0408 e. The normalized spacial score (nSPS) is 18.9. The zero-order chi connectivity index (χ0) is 12.8. The number of hydrogen-bond donors (Lipinski definition) is 1. The lowest BCUT2D eigenvalue weighted by molar-refractivity contribution is 0.412. The van der Waals surface area contributed by atoms with Gasteiger partial charge in [-0.1, -0.05) is 50.0 Å². The monoisotopic (exact) mass is 243 g/mol. The molecule has 18 heavy (non-hydrogen) atoms. The van der Waals surface area contributed by atoms with Gasteiger partial charge in [-0.2, -0.15) is 0 Å². The van der Waals surface area contributed by atoms with Crippen LogP contribution in [0.4, 0.5) is 5.69 Å². The molecule has 0 unspecified atom stereocenters. The van der Waals surface area contributed by atoms with Crippen LogP contribution in [-0.2, 0) is 0 Å². The van der Waals surface area contributed by atoms with Crippen LogP contribution in [0, 0.1) is 6.92 Å². The highest BCUT2D eigenvalue weighted by atomic mass is 15.0. The molecule has 1 fully saturated rings. The number of hydrogen-bond acceptors (Lipinski definition) is 1. The Balaban J connectivity index is 2.19. The maximum Gasteiger partial charge on any atom is 0.0408 e. The van der Waals surface area contributed by atoms with Crippen molar-refractivity contribution in [2.24, 2.45) is 0 Å². The minimum atomic E-state index is 0.240. The fraction of sp³-hybridized carbons (Fsp3) is 0.529. The molecule has 0 bridgehead atoms. The highest BCUT2D eigenvalue weighted by molar-refractivity contribution is 5.52. The quantitative estimate of drug-likeness (QED) is 0.574. The van der Waals surface area contributed by atoms with Crippen molar-refractivity contribution in [3.63, 3.8) is 0 Å². The summed E-state index contributed by atoms with van der Waals surface area (Å²) in [4.78, 5) is 0. The Labute approximate surface area is 111 Å². The lowest BCUT2D eigenvalue weighted by atomic mass is 9.86. The van der Waals surface area contributed by atoms with Gasteiger partial charge in [0.2, 0.25) is 0 Å². The Morgan fingerprint density at radius 1 is 1.17 bits per heavy atom. The lowest BCUT2D eigenvalue weighted by Crippen LogP contribution is -2.37. The van der Waals surface area contributed by atoms with Crippen molar-refractivity contribution < 1.29 is 0 Å². The molecule has 1 aromatic rings. The highest BCUT2D eigenvalue weighted by Crippen LogP contribution is 2.34. The average molecular weight is 243 g/mol. The summed E-state index contributed by atoms with van der Waals surface area (Å²) in [5, 5.41) is 3.83. The van der Waals surface area contributed by atoms with Gasteiger partial charge in [0.15, 0.2) is 0 Å². The Hall–Kier alpha value is -1.24. The maximum atomic E-state index is 3.95.